The number of hydrogen-bond acceptors (Lipinski definition) is 3. The van der Waals surface area contributed by atoms with Crippen LogP contribution in [-0.2, 0) is 10.0 Å². The molecule has 0 aliphatic carbocycles. The molecule has 0 unspecified atom stereocenters. The van der Waals surface area contributed by atoms with E-state index in [2.05, 4.69) is 0 Å². The van der Waals surface area contributed by atoms with Gasteiger partial charge >= 0.3 is 0 Å². The maximum absolute atomic E-state index is 12.1. The molecule has 0 bridgehead atoms. The summed E-state index contributed by atoms with van der Waals surface area (Å²) in [5.41, 5.74) is 7.28. The number of benzene rings is 1. The molecule has 1 aromatic carbocycles. The fourth-order valence-electron chi connectivity index (χ4n) is 1.63. The van der Waals surface area contributed by atoms with Crippen LogP contribution in [-0.4, -0.2) is 27.3 Å². The first-order chi connectivity index (χ1) is 8.01. The molecule has 0 fully saturated rings. The maximum atomic E-state index is 12.1. The fraction of sp³-hybridized carbons (Fsp3) is 0.500. The molecule has 1 aromatic rings. The van der Waals surface area contributed by atoms with Crippen molar-refractivity contribution in [3.8, 4) is 0 Å². The zero-order chi connectivity index (χ0) is 12.9. The predicted octanol–water partition coefficient (Wildman–Crippen LogP) is 1.50. The largest absolute Gasteiger partial charge is 0.329 e. The molecule has 4 nitrogen and oxygen atoms in total. The van der Waals surface area contributed by atoms with Crippen molar-refractivity contribution in [3.05, 3.63) is 29.8 Å². The van der Waals surface area contributed by atoms with Gasteiger partial charge in [-0.05, 0) is 25.5 Å². The van der Waals surface area contributed by atoms with Gasteiger partial charge in [-0.1, -0.05) is 24.6 Å². The van der Waals surface area contributed by atoms with Crippen molar-refractivity contribution in [3.63, 3.8) is 0 Å². The van der Waals surface area contributed by atoms with E-state index in [1.54, 1.807) is 0 Å². The normalized spacial score (nSPS) is 11.5. The van der Waals surface area contributed by atoms with Crippen LogP contribution in [0.15, 0.2) is 24.3 Å². The molecular formula is C12H20N2O2S. The average molecular weight is 256 g/mol. The number of anilines is 1. The lowest BCUT2D eigenvalue weighted by atomic mass is 10.2. The third-order valence-electron chi connectivity index (χ3n) is 2.45. The molecule has 0 aliphatic rings. The minimum atomic E-state index is -3.25. The van der Waals surface area contributed by atoms with E-state index in [0.717, 1.165) is 5.56 Å². The summed E-state index contributed by atoms with van der Waals surface area (Å²) in [5, 5.41) is 0. The number of nitrogens with zero attached hydrogens (tertiary/aromatic N) is 1. The second-order valence-electron chi connectivity index (χ2n) is 4.01. The molecule has 0 aromatic heterocycles. The summed E-state index contributed by atoms with van der Waals surface area (Å²) >= 11 is 0. The van der Waals surface area contributed by atoms with E-state index in [4.69, 9.17) is 5.73 Å². The predicted molar refractivity (Wildman–Crippen MR) is 71.7 cm³/mol. The quantitative estimate of drug-likeness (QED) is 0.839. The highest BCUT2D eigenvalue weighted by Crippen LogP contribution is 2.19. The van der Waals surface area contributed by atoms with Gasteiger partial charge in [0.25, 0.3) is 0 Å². The van der Waals surface area contributed by atoms with Gasteiger partial charge in [-0.25, -0.2) is 8.42 Å². The van der Waals surface area contributed by atoms with Gasteiger partial charge in [0.15, 0.2) is 0 Å². The van der Waals surface area contributed by atoms with Gasteiger partial charge in [-0.2, -0.15) is 0 Å². The smallest absolute Gasteiger partial charge is 0.235 e. The van der Waals surface area contributed by atoms with E-state index < -0.39 is 10.0 Å². The fourth-order valence-corrected chi connectivity index (χ4v) is 3.19. The summed E-state index contributed by atoms with van der Waals surface area (Å²) in [5.74, 6) is 0.154. The third-order valence-corrected chi connectivity index (χ3v) is 4.44. The first-order valence-electron chi connectivity index (χ1n) is 5.78. The van der Waals surface area contributed by atoms with Gasteiger partial charge in [0.2, 0.25) is 10.0 Å². The van der Waals surface area contributed by atoms with Crippen molar-refractivity contribution < 1.29 is 8.42 Å². The summed E-state index contributed by atoms with van der Waals surface area (Å²) in [6.45, 7) is 4.47. The van der Waals surface area contributed by atoms with Crippen LogP contribution < -0.4 is 10.0 Å². The Balaban J connectivity index is 3.04. The van der Waals surface area contributed by atoms with Crippen LogP contribution in [0.1, 0.15) is 18.9 Å². The van der Waals surface area contributed by atoms with Crippen LogP contribution >= 0.6 is 0 Å². The molecular weight excluding hydrogens is 236 g/mol. The summed E-state index contributed by atoms with van der Waals surface area (Å²) in [4.78, 5) is 0. The Kier molecular flexibility index (Phi) is 4.96. The van der Waals surface area contributed by atoms with Crippen molar-refractivity contribution in [1.29, 1.82) is 0 Å². The summed E-state index contributed by atoms with van der Waals surface area (Å²) in [7, 11) is -3.25. The van der Waals surface area contributed by atoms with Gasteiger partial charge in [-0.15, -0.1) is 0 Å². The lowest BCUT2D eigenvalue weighted by molar-refractivity contribution is 0.589. The monoisotopic (exact) mass is 256 g/mol. The minimum absolute atomic E-state index is 0.154. The summed E-state index contributed by atoms with van der Waals surface area (Å²) in [6.07, 6.45) is 0.606. The van der Waals surface area contributed by atoms with Gasteiger partial charge in [0, 0.05) is 13.1 Å². The van der Waals surface area contributed by atoms with E-state index in [1.807, 2.05) is 38.1 Å². The van der Waals surface area contributed by atoms with Gasteiger partial charge < -0.3 is 5.73 Å². The van der Waals surface area contributed by atoms with Crippen LogP contribution in [0.25, 0.3) is 0 Å². The molecule has 0 saturated carbocycles. The zero-order valence-electron chi connectivity index (χ0n) is 10.4. The molecule has 0 saturated heterocycles. The van der Waals surface area contributed by atoms with Crippen molar-refractivity contribution in [2.75, 3.05) is 23.1 Å². The first-order valence-corrected chi connectivity index (χ1v) is 7.39. The number of hydrogen-bond donors (Lipinski definition) is 1. The average Bonchev–Trinajstić information content (AvgIpc) is 2.27. The Morgan fingerprint density at radius 1 is 1.24 bits per heavy atom. The molecule has 0 heterocycles. The van der Waals surface area contributed by atoms with Crippen molar-refractivity contribution in [2.45, 2.75) is 20.3 Å². The lowest BCUT2D eigenvalue weighted by Crippen LogP contribution is -2.36. The topological polar surface area (TPSA) is 63.4 Å². The molecule has 17 heavy (non-hydrogen) atoms. The second kappa shape index (κ2) is 6.02. The number of sulfonamides is 1. The van der Waals surface area contributed by atoms with Crippen LogP contribution in [0.3, 0.4) is 0 Å². The lowest BCUT2D eigenvalue weighted by Gasteiger charge is -2.23. The third kappa shape index (κ3) is 3.71. The molecule has 0 radical (unpaired) electrons. The molecule has 0 amide bonds. The van der Waals surface area contributed by atoms with E-state index in [9.17, 15) is 8.42 Å². The van der Waals surface area contributed by atoms with Crippen LogP contribution in [0.2, 0.25) is 0 Å². The van der Waals surface area contributed by atoms with Gasteiger partial charge in [0.1, 0.15) is 0 Å². The Morgan fingerprint density at radius 3 is 2.29 bits per heavy atom. The number of rotatable bonds is 6. The van der Waals surface area contributed by atoms with E-state index in [0.29, 0.717) is 25.2 Å². The van der Waals surface area contributed by atoms with Crippen LogP contribution in [0.5, 0.6) is 0 Å². The molecule has 0 aliphatic heterocycles. The van der Waals surface area contributed by atoms with Crippen molar-refractivity contribution in [1.82, 2.24) is 0 Å². The van der Waals surface area contributed by atoms with Crippen molar-refractivity contribution >= 4 is 15.7 Å². The zero-order valence-corrected chi connectivity index (χ0v) is 11.2. The minimum Gasteiger partial charge on any atom is -0.329 e. The van der Waals surface area contributed by atoms with Crippen LogP contribution in [0, 0.1) is 6.92 Å². The molecule has 0 spiro atoms. The maximum Gasteiger partial charge on any atom is 0.235 e. The van der Waals surface area contributed by atoms with Crippen LogP contribution in [0.4, 0.5) is 5.69 Å². The number of nitrogens with two attached hydrogens (primary N) is 1. The molecule has 0 atom stereocenters. The highest BCUT2D eigenvalue weighted by atomic mass is 32.2. The Bertz CT molecular complexity index is 440. The Labute approximate surface area is 103 Å². The number of aryl methyl sites for hydroxylation is 1. The molecule has 1 rings (SSSR count). The molecule has 2 N–H and O–H groups in total. The van der Waals surface area contributed by atoms with Gasteiger partial charge in [0.05, 0.1) is 11.4 Å². The molecule has 5 heteroatoms. The highest BCUT2D eigenvalue weighted by molar-refractivity contribution is 7.92. The SMILES string of the molecule is CCCS(=O)(=O)N(CCN)c1ccc(C)cc1. The van der Waals surface area contributed by atoms with E-state index >= 15 is 0 Å². The second-order valence-corrected chi connectivity index (χ2v) is 6.03. The Morgan fingerprint density at radius 2 is 1.82 bits per heavy atom. The first kappa shape index (κ1) is 14.0. The summed E-state index contributed by atoms with van der Waals surface area (Å²) in [6, 6.07) is 7.44. The van der Waals surface area contributed by atoms with Crippen molar-refractivity contribution in [2.24, 2.45) is 5.73 Å². The molecule has 96 valence electrons. The van der Waals surface area contributed by atoms with E-state index in [1.165, 1.54) is 4.31 Å². The van der Waals surface area contributed by atoms with E-state index in [-0.39, 0.29) is 5.75 Å². The standard InChI is InChI=1S/C12H20N2O2S/c1-3-10-17(15,16)14(9-8-13)12-6-4-11(2)5-7-12/h4-7H,3,8-10,13H2,1-2H3. The van der Waals surface area contributed by atoms with Gasteiger partial charge in [-0.3, -0.25) is 4.31 Å². The highest BCUT2D eigenvalue weighted by Gasteiger charge is 2.20. The summed E-state index contributed by atoms with van der Waals surface area (Å²) < 4.78 is 25.6. The Hall–Kier alpha value is -1.07.